The fraction of sp³-hybridized carbons (Fsp3) is 0.455. The minimum atomic E-state index is -0.418. The van der Waals surface area contributed by atoms with Gasteiger partial charge in [-0.3, -0.25) is 4.79 Å². The largest absolute Gasteiger partial charge is 0.497 e. The average molecular weight is 369 g/mol. The van der Waals surface area contributed by atoms with E-state index in [2.05, 4.69) is 12.2 Å². The van der Waals surface area contributed by atoms with Crippen molar-refractivity contribution in [2.45, 2.75) is 51.9 Å². The maximum absolute atomic E-state index is 12.9. The van der Waals surface area contributed by atoms with Crippen LogP contribution in [0.3, 0.4) is 0 Å². The second-order valence-corrected chi connectivity index (χ2v) is 7.03. The van der Waals surface area contributed by atoms with Crippen LogP contribution in [0.5, 0.6) is 5.75 Å². The molecule has 0 saturated carbocycles. The van der Waals surface area contributed by atoms with Crippen molar-refractivity contribution in [2.24, 2.45) is 0 Å². The molecule has 5 heteroatoms. The van der Waals surface area contributed by atoms with Crippen LogP contribution in [0.4, 0.5) is 0 Å². The van der Waals surface area contributed by atoms with E-state index in [-0.39, 0.29) is 11.8 Å². The third-order valence-corrected chi connectivity index (χ3v) is 5.15. The number of unbranched alkanes of at least 4 members (excludes halogenated alkanes) is 1. The number of esters is 1. The summed E-state index contributed by atoms with van der Waals surface area (Å²) in [5.74, 6) is 0.0280. The zero-order valence-corrected chi connectivity index (χ0v) is 16.3. The Kier molecular flexibility index (Phi) is 5.99. The van der Waals surface area contributed by atoms with E-state index in [0.29, 0.717) is 29.9 Å². The minimum Gasteiger partial charge on any atom is -0.497 e. The van der Waals surface area contributed by atoms with Crippen molar-refractivity contribution in [1.29, 1.82) is 0 Å². The molecule has 27 heavy (non-hydrogen) atoms. The van der Waals surface area contributed by atoms with Gasteiger partial charge < -0.3 is 14.8 Å². The van der Waals surface area contributed by atoms with Crippen LogP contribution < -0.4 is 10.1 Å². The second-order valence-electron chi connectivity index (χ2n) is 7.03. The minimum absolute atomic E-state index is 0.0999. The first-order valence-electron chi connectivity index (χ1n) is 9.62. The summed E-state index contributed by atoms with van der Waals surface area (Å²) >= 11 is 0. The molecule has 5 nitrogen and oxygen atoms in total. The molecule has 0 amide bonds. The Bertz CT molecular complexity index is 806. The van der Waals surface area contributed by atoms with Gasteiger partial charge in [0.05, 0.1) is 19.3 Å². The molecule has 0 aromatic heterocycles. The predicted molar refractivity (Wildman–Crippen MR) is 103 cm³/mol. The maximum atomic E-state index is 12.9. The standard InChI is InChI=1S/C22H27NO4/c1-4-5-12-27-22(25)19-14(2)23-17-10-7-11-18(24)21(17)20(19)15-8-6-9-16(13-15)26-3/h6,8-9,13,20,23H,4-5,7,10-12H2,1-3H3. The highest BCUT2D eigenvalue weighted by Crippen LogP contribution is 2.43. The molecule has 1 unspecified atom stereocenters. The van der Waals surface area contributed by atoms with Crippen LogP contribution in [-0.2, 0) is 14.3 Å². The number of nitrogens with one attached hydrogen (secondary N) is 1. The molecule has 1 atom stereocenters. The number of allylic oxidation sites excluding steroid dienone is 3. The second kappa shape index (κ2) is 8.42. The first-order valence-corrected chi connectivity index (χ1v) is 9.62. The zero-order chi connectivity index (χ0) is 19.4. The Hall–Kier alpha value is -2.56. The summed E-state index contributed by atoms with van der Waals surface area (Å²) in [6.45, 7) is 4.32. The van der Waals surface area contributed by atoms with Gasteiger partial charge in [0, 0.05) is 29.3 Å². The smallest absolute Gasteiger partial charge is 0.336 e. The number of dihydropyridines is 1. The number of benzene rings is 1. The molecule has 0 bridgehead atoms. The fourth-order valence-electron chi connectivity index (χ4n) is 3.80. The van der Waals surface area contributed by atoms with Crippen LogP contribution in [0.25, 0.3) is 0 Å². The van der Waals surface area contributed by atoms with E-state index in [0.717, 1.165) is 42.6 Å². The molecular weight excluding hydrogens is 342 g/mol. The average Bonchev–Trinajstić information content (AvgIpc) is 2.67. The third-order valence-electron chi connectivity index (χ3n) is 5.15. The van der Waals surface area contributed by atoms with E-state index in [1.54, 1.807) is 7.11 Å². The molecule has 0 spiro atoms. The van der Waals surface area contributed by atoms with Gasteiger partial charge in [-0.15, -0.1) is 0 Å². The number of ketones is 1. The van der Waals surface area contributed by atoms with Crippen LogP contribution in [0.1, 0.15) is 57.4 Å². The van der Waals surface area contributed by atoms with Crippen molar-refractivity contribution in [3.63, 3.8) is 0 Å². The summed E-state index contributed by atoms with van der Waals surface area (Å²) in [6, 6.07) is 7.59. The van der Waals surface area contributed by atoms with Gasteiger partial charge in [0.25, 0.3) is 0 Å². The lowest BCUT2D eigenvalue weighted by molar-refractivity contribution is -0.139. The van der Waals surface area contributed by atoms with E-state index >= 15 is 0 Å². The van der Waals surface area contributed by atoms with E-state index in [1.807, 2.05) is 31.2 Å². The van der Waals surface area contributed by atoms with E-state index in [9.17, 15) is 9.59 Å². The normalized spacial score (nSPS) is 19.5. The Labute approximate surface area is 160 Å². The molecule has 0 radical (unpaired) electrons. The summed E-state index contributed by atoms with van der Waals surface area (Å²) in [5.41, 5.74) is 3.79. The van der Waals surface area contributed by atoms with Crippen LogP contribution in [-0.4, -0.2) is 25.5 Å². The number of methoxy groups -OCH3 is 1. The van der Waals surface area contributed by atoms with Crippen LogP contribution in [0, 0.1) is 0 Å². The highest BCUT2D eigenvalue weighted by molar-refractivity contribution is 6.03. The lowest BCUT2D eigenvalue weighted by Gasteiger charge is -2.34. The summed E-state index contributed by atoms with van der Waals surface area (Å²) in [7, 11) is 1.61. The van der Waals surface area contributed by atoms with Crippen LogP contribution >= 0.6 is 0 Å². The first kappa shape index (κ1) is 19.2. The van der Waals surface area contributed by atoms with Crippen molar-refractivity contribution >= 4 is 11.8 Å². The molecule has 0 saturated heterocycles. The number of carbonyl (C=O) groups excluding carboxylic acids is 2. The summed E-state index contributed by atoms with van der Waals surface area (Å²) in [5, 5.41) is 3.30. The molecule has 1 aromatic carbocycles. The lowest BCUT2D eigenvalue weighted by Crippen LogP contribution is -2.34. The van der Waals surface area contributed by atoms with Crippen molar-refractivity contribution in [1.82, 2.24) is 5.32 Å². The molecule has 0 fully saturated rings. The molecule has 1 aliphatic carbocycles. The SMILES string of the molecule is CCCCOC(=O)C1=C(C)NC2=C(C(=O)CCC2)C1c1cccc(OC)c1. The number of carbonyl (C=O) groups is 2. The van der Waals surface area contributed by atoms with Crippen molar-refractivity contribution in [3.05, 3.63) is 52.4 Å². The van der Waals surface area contributed by atoms with Gasteiger partial charge in [-0.1, -0.05) is 25.5 Å². The van der Waals surface area contributed by atoms with E-state index in [4.69, 9.17) is 9.47 Å². The quantitative estimate of drug-likeness (QED) is 0.606. The summed E-state index contributed by atoms with van der Waals surface area (Å²) < 4.78 is 10.9. The van der Waals surface area contributed by atoms with Crippen LogP contribution in [0.2, 0.25) is 0 Å². The van der Waals surface area contributed by atoms with Crippen LogP contribution in [0.15, 0.2) is 46.8 Å². The summed E-state index contributed by atoms with van der Waals surface area (Å²) in [6.07, 6.45) is 3.94. The molecule has 1 heterocycles. The lowest BCUT2D eigenvalue weighted by atomic mass is 9.75. The Morgan fingerprint density at radius 3 is 2.85 bits per heavy atom. The van der Waals surface area contributed by atoms with Gasteiger partial charge in [-0.25, -0.2) is 4.79 Å². The topological polar surface area (TPSA) is 64.6 Å². The molecule has 144 valence electrons. The van der Waals surface area contributed by atoms with E-state index < -0.39 is 5.92 Å². The van der Waals surface area contributed by atoms with E-state index in [1.165, 1.54) is 0 Å². The van der Waals surface area contributed by atoms with Crippen molar-refractivity contribution in [3.8, 4) is 5.75 Å². The fourth-order valence-corrected chi connectivity index (χ4v) is 3.80. The molecular formula is C22H27NO4. The molecule has 3 rings (SSSR count). The Balaban J connectivity index is 2.06. The van der Waals surface area contributed by atoms with Crippen molar-refractivity contribution < 1.29 is 19.1 Å². The predicted octanol–water partition coefficient (Wildman–Crippen LogP) is 4.01. The number of hydrogen-bond acceptors (Lipinski definition) is 5. The molecule has 1 N–H and O–H groups in total. The molecule has 2 aliphatic rings. The number of rotatable bonds is 6. The number of ether oxygens (including phenoxy) is 2. The van der Waals surface area contributed by atoms with Gasteiger partial charge in [0.2, 0.25) is 0 Å². The third kappa shape index (κ3) is 3.92. The molecule has 1 aromatic rings. The van der Waals surface area contributed by atoms with Gasteiger partial charge in [0.1, 0.15) is 5.75 Å². The van der Waals surface area contributed by atoms with Gasteiger partial charge in [-0.2, -0.15) is 0 Å². The summed E-state index contributed by atoms with van der Waals surface area (Å²) in [4.78, 5) is 25.7. The van der Waals surface area contributed by atoms with Gasteiger partial charge in [-0.05, 0) is 43.9 Å². The number of Topliss-reactive ketones (excluding diaryl/α,β-unsaturated/α-hetero) is 1. The van der Waals surface area contributed by atoms with Gasteiger partial charge >= 0.3 is 5.97 Å². The zero-order valence-electron chi connectivity index (χ0n) is 16.3. The van der Waals surface area contributed by atoms with Crippen molar-refractivity contribution in [2.75, 3.05) is 13.7 Å². The Morgan fingerprint density at radius 2 is 2.11 bits per heavy atom. The van der Waals surface area contributed by atoms with Gasteiger partial charge in [0.15, 0.2) is 5.78 Å². The highest BCUT2D eigenvalue weighted by Gasteiger charge is 2.39. The Morgan fingerprint density at radius 1 is 1.30 bits per heavy atom. The molecule has 1 aliphatic heterocycles. The highest BCUT2D eigenvalue weighted by atomic mass is 16.5. The maximum Gasteiger partial charge on any atom is 0.336 e. The first-order chi connectivity index (χ1) is 13.1. The number of hydrogen-bond donors (Lipinski definition) is 1. The monoisotopic (exact) mass is 369 g/mol.